The van der Waals surface area contributed by atoms with Crippen molar-refractivity contribution >= 4 is 16.9 Å². The van der Waals surface area contributed by atoms with Crippen LogP contribution in [0.1, 0.15) is 54.0 Å². The fraction of sp³-hybridized carbons (Fsp3) is 0.478. The Bertz CT molecular complexity index is 1220. The monoisotopic (exact) mass is 427 g/mol. The molecular formula is C23H23F2N3O3. The first-order valence-electron chi connectivity index (χ1n) is 10.8. The summed E-state index contributed by atoms with van der Waals surface area (Å²) in [5.74, 6) is -4.33. The summed E-state index contributed by atoms with van der Waals surface area (Å²) in [6.45, 7) is 2.32. The SMILES string of the molecule is C[C@@]12Cc3c(c(-c4cc5ccc(C(=O)O)cc5[nH]4)nn3C3CCCCO3)C[C@@H]1C2(F)F. The molecule has 1 saturated heterocycles. The van der Waals surface area contributed by atoms with Crippen molar-refractivity contribution in [2.75, 3.05) is 6.61 Å². The maximum absolute atomic E-state index is 14.6. The molecule has 3 heterocycles. The minimum atomic E-state index is -2.67. The van der Waals surface area contributed by atoms with Crippen LogP contribution in [-0.4, -0.2) is 38.4 Å². The minimum Gasteiger partial charge on any atom is -0.478 e. The summed E-state index contributed by atoms with van der Waals surface area (Å²) < 4.78 is 37.0. The van der Waals surface area contributed by atoms with E-state index in [1.807, 2.05) is 10.7 Å². The number of carboxylic acids is 1. The van der Waals surface area contributed by atoms with Crippen molar-refractivity contribution in [2.45, 2.75) is 51.2 Å². The number of halogens is 2. The van der Waals surface area contributed by atoms with Crippen LogP contribution in [0.15, 0.2) is 24.3 Å². The number of aromatic nitrogens is 3. The molecule has 1 saturated carbocycles. The predicted octanol–water partition coefficient (Wildman–Crippen LogP) is 4.80. The lowest BCUT2D eigenvalue weighted by Crippen LogP contribution is -2.24. The topological polar surface area (TPSA) is 80.1 Å². The van der Waals surface area contributed by atoms with Gasteiger partial charge in [-0.1, -0.05) is 13.0 Å². The van der Waals surface area contributed by atoms with Gasteiger partial charge in [-0.25, -0.2) is 18.3 Å². The molecule has 3 atom stereocenters. The van der Waals surface area contributed by atoms with E-state index in [0.717, 1.165) is 41.6 Å². The summed E-state index contributed by atoms with van der Waals surface area (Å²) in [6.07, 6.45) is 3.19. The Kier molecular flexibility index (Phi) is 3.77. The summed E-state index contributed by atoms with van der Waals surface area (Å²) in [4.78, 5) is 14.6. The van der Waals surface area contributed by atoms with Gasteiger partial charge in [-0.05, 0) is 43.9 Å². The first kappa shape index (κ1) is 19.0. The smallest absolute Gasteiger partial charge is 0.335 e. The van der Waals surface area contributed by atoms with E-state index in [1.54, 1.807) is 25.1 Å². The molecule has 2 aliphatic carbocycles. The molecule has 1 unspecified atom stereocenters. The zero-order valence-corrected chi connectivity index (χ0v) is 17.1. The zero-order valence-electron chi connectivity index (χ0n) is 17.1. The van der Waals surface area contributed by atoms with E-state index in [2.05, 4.69) is 4.98 Å². The highest BCUT2D eigenvalue weighted by molar-refractivity contribution is 5.95. The van der Waals surface area contributed by atoms with E-state index in [1.165, 1.54) is 0 Å². The lowest BCUT2D eigenvalue weighted by molar-refractivity contribution is -0.0418. The van der Waals surface area contributed by atoms with Gasteiger partial charge in [0.2, 0.25) is 0 Å². The molecule has 1 aliphatic heterocycles. The fourth-order valence-corrected chi connectivity index (χ4v) is 5.49. The van der Waals surface area contributed by atoms with Gasteiger partial charge in [0.15, 0.2) is 0 Å². The highest BCUT2D eigenvalue weighted by atomic mass is 19.3. The number of hydrogen-bond acceptors (Lipinski definition) is 3. The second kappa shape index (κ2) is 6.16. The molecular weight excluding hydrogens is 404 g/mol. The van der Waals surface area contributed by atoms with Gasteiger partial charge in [-0.3, -0.25) is 0 Å². The molecule has 2 fully saturated rings. The number of aromatic amines is 1. The van der Waals surface area contributed by atoms with Gasteiger partial charge in [-0.2, -0.15) is 5.10 Å². The first-order chi connectivity index (χ1) is 14.8. The highest BCUT2D eigenvalue weighted by Crippen LogP contribution is 2.70. The van der Waals surface area contributed by atoms with Crippen molar-refractivity contribution in [3.05, 3.63) is 41.1 Å². The zero-order chi connectivity index (χ0) is 21.5. The van der Waals surface area contributed by atoms with Gasteiger partial charge in [-0.15, -0.1) is 0 Å². The second-order valence-electron chi connectivity index (χ2n) is 9.30. The molecule has 0 radical (unpaired) electrons. The lowest BCUT2D eigenvalue weighted by Gasteiger charge is -2.26. The van der Waals surface area contributed by atoms with E-state index in [0.29, 0.717) is 17.8 Å². The lowest BCUT2D eigenvalue weighted by atomic mass is 9.87. The fourth-order valence-electron chi connectivity index (χ4n) is 5.49. The number of hydrogen-bond donors (Lipinski definition) is 2. The molecule has 0 bridgehead atoms. The molecule has 0 amide bonds. The molecule has 0 spiro atoms. The maximum atomic E-state index is 14.6. The normalized spacial score (nSPS) is 28.9. The number of nitrogens with one attached hydrogen (secondary N) is 1. The van der Waals surface area contributed by atoms with Crippen LogP contribution in [0.3, 0.4) is 0 Å². The summed E-state index contributed by atoms with van der Waals surface area (Å²) in [5.41, 5.74) is 2.96. The third kappa shape index (κ3) is 2.57. The second-order valence-corrected chi connectivity index (χ2v) is 9.30. The molecule has 162 valence electrons. The number of alkyl halides is 2. The Hall–Kier alpha value is -2.74. The van der Waals surface area contributed by atoms with Gasteiger partial charge in [0.05, 0.1) is 11.3 Å². The maximum Gasteiger partial charge on any atom is 0.335 e. The van der Waals surface area contributed by atoms with Crippen LogP contribution in [-0.2, 0) is 17.6 Å². The van der Waals surface area contributed by atoms with Gasteiger partial charge in [0.1, 0.15) is 11.9 Å². The Morgan fingerprint density at radius 2 is 2.16 bits per heavy atom. The van der Waals surface area contributed by atoms with Gasteiger partial charge in [0.25, 0.3) is 5.92 Å². The van der Waals surface area contributed by atoms with Crippen LogP contribution in [0.25, 0.3) is 22.3 Å². The molecule has 8 heteroatoms. The molecule has 2 N–H and O–H groups in total. The highest BCUT2D eigenvalue weighted by Gasteiger charge is 2.78. The largest absolute Gasteiger partial charge is 0.478 e. The van der Waals surface area contributed by atoms with E-state index in [9.17, 15) is 18.7 Å². The van der Waals surface area contributed by atoms with Crippen molar-refractivity contribution in [3.63, 3.8) is 0 Å². The third-order valence-electron chi connectivity index (χ3n) is 7.50. The van der Waals surface area contributed by atoms with Crippen molar-refractivity contribution in [2.24, 2.45) is 11.3 Å². The summed E-state index contributed by atoms with van der Waals surface area (Å²) >= 11 is 0. The summed E-state index contributed by atoms with van der Waals surface area (Å²) in [5, 5.41) is 15.0. The Balaban J connectivity index is 1.48. The third-order valence-corrected chi connectivity index (χ3v) is 7.50. The molecule has 3 aliphatic rings. The van der Waals surface area contributed by atoms with E-state index >= 15 is 0 Å². The van der Waals surface area contributed by atoms with Crippen molar-refractivity contribution < 1.29 is 23.4 Å². The number of H-pyrrole nitrogens is 1. The minimum absolute atomic E-state index is 0.192. The van der Waals surface area contributed by atoms with Crippen molar-refractivity contribution in [1.82, 2.24) is 14.8 Å². The van der Waals surface area contributed by atoms with Gasteiger partial charge < -0.3 is 14.8 Å². The Morgan fingerprint density at radius 3 is 2.90 bits per heavy atom. The average molecular weight is 427 g/mol. The van der Waals surface area contributed by atoms with Crippen LogP contribution in [0, 0.1) is 11.3 Å². The first-order valence-corrected chi connectivity index (χ1v) is 10.8. The number of carbonyl (C=O) groups is 1. The quantitative estimate of drug-likeness (QED) is 0.629. The molecule has 2 aromatic heterocycles. The van der Waals surface area contributed by atoms with Crippen molar-refractivity contribution in [3.8, 4) is 11.4 Å². The van der Waals surface area contributed by atoms with Crippen LogP contribution in [0.4, 0.5) is 8.78 Å². The Labute approximate surface area is 177 Å². The Morgan fingerprint density at radius 1 is 1.32 bits per heavy atom. The van der Waals surface area contributed by atoms with E-state index < -0.39 is 23.2 Å². The van der Waals surface area contributed by atoms with Crippen LogP contribution >= 0.6 is 0 Å². The number of carboxylic acid groups (broad SMARTS) is 1. The number of benzene rings is 1. The number of ether oxygens (including phenoxy) is 1. The number of nitrogens with zero attached hydrogens (tertiary/aromatic N) is 2. The number of aromatic carboxylic acids is 1. The van der Waals surface area contributed by atoms with Crippen LogP contribution in [0.2, 0.25) is 0 Å². The van der Waals surface area contributed by atoms with Gasteiger partial charge in [0, 0.05) is 46.5 Å². The summed E-state index contributed by atoms with van der Waals surface area (Å²) in [7, 11) is 0. The van der Waals surface area contributed by atoms with E-state index in [4.69, 9.17) is 9.84 Å². The molecule has 6 rings (SSSR count). The standard InChI is InChI=1S/C23H23F2N3O3/c1-22-11-17-14(10-18(22)23(22,24)25)20(27-28(17)19-4-2-3-7-31-19)16-8-12-5-6-13(21(29)30)9-15(12)26-16/h5-6,8-9,18-19,26H,2-4,7,10-11H2,1H3,(H,29,30)/t18-,19?,22+/m0/s1. The molecule has 31 heavy (non-hydrogen) atoms. The van der Waals surface area contributed by atoms with Gasteiger partial charge >= 0.3 is 5.97 Å². The van der Waals surface area contributed by atoms with Crippen molar-refractivity contribution in [1.29, 1.82) is 0 Å². The summed E-state index contributed by atoms with van der Waals surface area (Å²) in [6, 6.07) is 6.80. The average Bonchev–Trinajstić information content (AvgIpc) is 3.13. The van der Waals surface area contributed by atoms with E-state index in [-0.39, 0.29) is 24.6 Å². The molecule has 1 aromatic carbocycles. The van der Waals surface area contributed by atoms with Crippen LogP contribution < -0.4 is 0 Å². The predicted molar refractivity (Wildman–Crippen MR) is 109 cm³/mol. The number of fused-ring (bicyclic) bond motifs is 3. The van der Waals surface area contributed by atoms with Crippen LogP contribution in [0.5, 0.6) is 0 Å². The molecule has 6 nitrogen and oxygen atoms in total. The number of rotatable bonds is 3. The molecule has 3 aromatic rings.